The fourth-order valence-corrected chi connectivity index (χ4v) is 5.29. The first-order valence-corrected chi connectivity index (χ1v) is 10.9. The van der Waals surface area contributed by atoms with Gasteiger partial charge in [-0.15, -0.1) is 11.3 Å². The van der Waals surface area contributed by atoms with Crippen LogP contribution < -0.4 is 0 Å². The molecule has 2 aromatic heterocycles. The molecule has 0 fully saturated rings. The average Bonchev–Trinajstić information content (AvgIpc) is 3.16. The standard InChI is InChI=1S/C19H20F2N2O3S2/c1-11(2)6-14-9-15(19(27-14)28(24,25)26)13-7-17(20)16(18(21)8-13)10-23-5-4-22-12(23)3/h4-5,7-9,11H,6,10H2,1-3H3,(H,24,25,26). The third-order valence-corrected chi connectivity index (χ3v) is 6.82. The van der Waals surface area contributed by atoms with Gasteiger partial charge in [0, 0.05) is 28.4 Å². The molecule has 9 heteroatoms. The highest BCUT2D eigenvalue weighted by molar-refractivity contribution is 7.88. The van der Waals surface area contributed by atoms with E-state index in [1.807, 2.05) is 13.8 Å². The summed E-state index contributed by atoms with van der Waals surface area (Å²) in [7, 11) is -4.52. The second kappa shape index (κ2) is 7.73. The number of hydrogen-bond donors (Lipinski definition) is 1. The summed E-state index contributed by atoms with van der Waals surface area (Å²) >= 11 is 0.916. The minimum Gasteiger partial charge on any atom is -0.331 e. The van der Waals surface area contributed by atoms with Crippen LogP contribution in [0.5, 0.6) is 0 Å². The normalized spacial score (nSPS) is 12.1. The van der Waals surface area contributed by atoms with Gasteiger partial charge < -0.3 is 4.57 Å². The molecular formula is C19H20F2N2O3S2. The molecule has 150 valence electrons. The summed E-state index contributed by atoms with van der Waals surface area (Å²) in [6, 6.07) is 3.77. The van der Waals surface area contributed by atoms with Crippen LogP contribution in [0.4, 0.5) is 8.78 Å². The van der Waals surface area contributed by atoms with Crippen LogP contribution >= 0.6 is 11.3 Å². The van der Waals surface area contributed by atoms with Gasteiger partial charge in [-0.3, -0.25) is 4.55 Å². The van der Waals surface area contributed by atoms with Crippen molar-refractivity contribution in [2.75, 3.05) is 0 Å². The SMILES string of the molecule is Cc1nccn1Cc1c(F)cc(-c2cc(CC(C)C)sc2S(=O)(=O)O)cc1F. The maximum Gasteiger partial charge on any atom is 0.304 e. The van der Waals surface area contributed by atoms with Crippen LogP contribution in [-0.4, -0.2) is 22.5 Å². The molecule has 28 heavy (non-hydrogen) atoms. The van der Waals surface area contributed by atoms with Crippen molar-refractivity contribution < 1.29 is 21.8 Å². The number of rotatable bonds is 6. The Morgan fingerprint density at radius 1 is 1.21 bits per heavy atom. The monoisotopic (exact) mass is 426 g/mol. The fraction of sp³-hybridized carbons (Fsp3) is 0.316. The topological polar surface area (TPSA) is 72.2 Å². The summed E-state index contributed by atoms with van der Waals surface area (Å²) in [5.41, 5.74) is 0.0298. The number of aryl methyl sites for hydroxylation is 1. The molecule has 0 spiro atoms. The van der Waals surface area contributed by atoms with Crippen molar-refractivity contribution in [3.05, 3.63) is 58.5 Å². The zero-order chi connectivity index (χ0) is 20.6. The molecule has 1 aromatic carbocycles. The molecule has 0 saturated heterocycles. The number of halogens is 2. The van der Waals surface area contributed by atoms with E-state index in [4.69, 9.17) is 0 Å². The van der Waals surface area contributed by atoms with E-state index in [0.717, 1.165) is 28.3 Å². The molecule has 0 aliphatic carbocycles. The van der Waals surface area contributed by atoms with Gasteiger partial charge in [0.25, 0.3) is 0 Å². The molecule has 0 radical (unpaired) electrons. The lowest BCUT2D eigenvalue weighted by Crippen LogP contribution is -2.06. The van der Waals surface area contributed by atoms with Crippen LogP contribution in [-0.2, 0) is 23.1 Å². The molecule has 2 heterocycles. The van der Waals surface area contributed by atoms with Crippen molar-refractivity contribution in [3.8, 4) is 11.1 Å². The second-order valence-electron chi connectivity index (χ2n) is 7.01. The van der Waals surface area contributed by atoms with Crippen LogP contribution in [0.15, 0.2) is 34.8 Å². The first kappa shape index (κ1) is 20.6. The molecule has 0 atom stereocenters. The van der Waals surface area contributed by atoms with Gasteiger partial charge in [-0.25, -0.2) is 13.8 Å². The summed E-state index contributed by atoms with van der Waals surface area (Å²) < 4.78 is 63.8. The van der Waals surface area contributed by atoms with Crippen LogP contribution in [0.3, 0.4) is 0 Å². The Labute approximate surface area is 166 Å². The van der Waals surface area contributed by atoms with E-state index in [2.05, 4.69) is 4.98 Å². The highest BCUT2D eigenvalue weighted by Crippen LogP contribution is 2.37. The highest BCUT2D eigenvalue weighted by atomic mass is 32.3. The van der Waals surface area contributed by atoms with Crippen molar-refractivity contribution in [2.45, 2.75) is 37.9 Å². The maximum absolute atomic E-state index is 14.7. The van der Waals surface area contributed by atoms with Gasteiger partial charge in [-0.05, 0) is 43.0 Å². The molecular weight excluding hydrogens is 406 g/mol. The Bertz CT molecular complexity index is 1100. The largest absolute Gasteiger partial charge is 0.331 e. The van der Waals surface area contributed by atoms with Gasteiger partial charge in [0.1, 0.15) is 17.5 Å². The lowest BCUT2D eigenvalue weighted by Gasteiger charge is -2.10. The molecule has 5 nitrogen and oxygen atoms in total. The van der Waals surface area contributed by atoms with Crippen LogP contribution in [0.1, 0.15) is 30.1 Å². The van der Waals surface area contributed by atoms with Crippen molar-refractivity contribution >= 4 is 21.5 Å². The lowest BCUT2D eigenvalue weighted by molar-refractivity contribution is 0.485. The maximum atomic E-state index is 14.7. The van der Waals surface area contributed by atoms with Gasteiger partial charge >= 0.3 is 10.1 Å². The van der Waals surface area contributed by atoms with E-state index < -0.39 is 21.8 Å². The molecule has 3 aromatic rings. The summed E-state index contributed by atoms with van der Waals surface area (Å²) in [5, 5.41) is 0. The molecule has 0 bridgehead atoms. The summed E-state index contributed by atoms with van der Waals surface area (Å²) in [6.07, 6.45) is 3.76. The summed E-state index contributed by atoms with van der Waals surface area (Å²) in [5.74, 6) is -0.704. The van der Waals surface area contributed by atoms with E-state index in [-0.39, 0.29) is 33.4 Å². The van der Waals surface area contributed by atoms with E-state index in [1.54, 1.807) is 30.0 Å². The second-order valence-corrected chi connectivity index (χ2v) is 9.76. The summed E-state index contributed by atoms with van der Waals surface area (Å²) in [6.45, 7) is 5.64. The molecule has 0 saturated carbocycles. The molecule has 0 amide bonds. The van der Waals surface area contributed by atoms with Crippen LogP contribution in [0.25, 0.3) is 11.1 Å². The van der Waals surface area contributed by atoms with Crippen LogP contribution in [0, 0.1) is 24.5 Å². The van der Waals surface area contributed by atoms with E-state index >= 15 is 0 Å². The van der Waals surface area contributed by atoms with Crippen molar-refractivity contribution in [1.29, 1.82) is 0 Å². The fourth-order valence-electron chi connectivity index (χ4n) is 2.97. The Hall–Kier alpha value is -2.10. The number of hydrogen-bond acceptors (Lipinski definition) is 4. The smallest absolute Gasteiger partial charge is 0.304 e. The molecule has 0 unspecified atom stereocenters. The van der Waals surface area contributed by atoms with Crippen molar-refractivity contribution in [1.82, 2.24) is 9.55 Å². The first-order valence-electron chi connectivity index (χ1n) is 8.62. The van der Waals surface area contributed by atoms with Gasteiger partial charge in [-0.1, -0.05) is 13.8 Å². The number of aromatic nitrogens is 2. The first-order chi connectivity index (χ1) is 13.1. The van der Waals surface area contributed by atoms with Gasteiger partial charge in [0.2, 0.25) is 0 Å². The van der Waals surface area contributed by atoms with E-state index in [1.165, 1.54) is 0 Å². The van der Waals surface area contributed by atoms with Crippen molar-refractivity contribution in [2.24, 2.45) is 5.92 Å². The third-order valence-electron chi connectivity index (χ3n) is 4.30. The van der Waals surface area contributed by atoms with E-state index in [0.29, 0.717) is 12.2 Å². The predicted molar refractivity (Wildman–Crippen MR) is 104 cm³/mol. The quantitative estimate of drug-likeness (QED) is 0.581. The number of imidazole rings is 1. The highest BCUT2D eigenvalue weighted by Gasteiger charge is 2.23. The van der Waals surface area contributed by atoms with Crippen molar-refractivity contribution in [3.63, 3.8) is 0 Å². The van der Waals surface area contributed by atoms with Gasteiger partial charge in [-0.2, -0.15) is 8.42 Å². The Morgan fingerprint density at radius 3 is 2.36 bits per heavy atom. The zero-order valence-electron chi connectivity index (χ0n) is 15.6. The Balaban J connectivity index is 2.07. The number of nitrogens with zero attached hydrogens (tertiary/aromatic N) is 2. The third kappa shape index (κ3) is 4.31. The molecule has 3 rings (SSSR count). The zero-order valence-corrected chi connectivity index (χ0v) is 17.2. The molecule has 0 aliphatic rings. The van der Waals surface area contributed by atoms with Gasteiger partial charge in [0.05, 0.1) is 6.54 Å². The predicted octanol–water partition coefficient (Wildman–Crippen LogP) is 4.69. The molecule has 1 N–H and O–H groups in total. The average molecular weight is 427 g/mol. The lowest BCUT2D eigenvalue weighted by atomic mass is 10.0. The minimum atomic E-state index is -4.52. The van der Waals surface area contributed by atoms with Crippen LogP contribution in [0.2, 0.25) is 0 Å². The number of thiophene rings is 1. The Morgan fingerprint density at radius 2 is 1.86 bits per heavy atom. The molecule has 0 aliphatic heterocycles. The number of benzene rings is 1. The van der Waals surface area contributed by atoms with Gasteiger partial charge in [0.15, 0.2) is 4.21 Å². The summed E-state index contributed by atoms with van der Waals surface area (Å²) in [4.78, 5) is 4.75. The minimum absolute atomic E-state index is 0.0306. The van der Waals surface area contributed by atoms with E-state index in [9.17, 15) is 21.8 Å². The Kier molecular flexibility index (Phi) is 5.69.